The summed E-state index contributed by atoms with van der Waals surface area (Å²) in [7, 11) is 0. The number of H-pyrrole nitrogens is 1. The second kappa shape index (κ2) is 5.66. The Labute approximate surface area is 123 Å². The fraction of sp³-hybridized carbons (Fsp3) is 0.417. The topological polar surface area (TPSA) is 104 Å². The lowest BCUT2D eigenvalue weighted by Crippen LogP contribution is -2.52. The van der Waals surface area contributed by atoms with E-state index in [1.807, 2.05) is 0 Å². The Balaban J connectivity index is 1.94. The number of esters is 1. The molecule has 2 rings (SSSR count). The number of nitrogens with zero attached hydrogens (tertiary/aromatic N) is 1. The van der Waals surface area contributed by atoms with E-state index in [9.17, 15) is 9.59 Å². The Morgan fingerprint density at radius 1 is 1.65 bits per heavy atom. The third kappa shape index (κ3) is 3.38. The van der Waals surface area contributed by atoms with Crippen molar-refractivity contribution in [3.63, 3.8) is 0 Å². The highest BCUT2D eigenvalue weighted by atomic mass is 79.9. The Hall–Kier alpha value is -1.83. The highest BCUT2D eigenvalue weighted by Gasteiger charge is 2.34. The van der Waals surface area contributed by atoms with E-state index in [1.54, 1.807) is 19.2 Å². The second-order valence-electron chi connectivity index (χ2n) is 4.85. The minimum Gasteiger partial charge on any atom is -0.480 e. The predicted molar refractivity (Wildman–Crippen MR) is 74.8 cm³/mol. The van der Waals surface area contributed by atoms with Crippen molar-refractivity contribution in [1.82, 2.24) is 10.3 Å². The van der Waals surface area contributed by atoms with Crippen LogP contribution in [0.15, 0.2) is 21.7 Å². The van der Waals surface area contributed by atoms with Crippen LogP contribution in [0.3, 0.4) is 0 Å². The van der Waals surface area contributed by atoms with Gasteiger partial charge in [0.1, 0.15) is 12.3 Å². The molecule has 7 nitrogen and oxygen atoms in total. The Morgan fingerprint density at radius 2 is 2.40 bits per heavy atom. The van der Waals surface area contributed by atoms with E-state index < -0.39 is 23.5 Å². The molecule has 0 fully saturated rings. The van der Waals surface area contributed by atoms with Crippen LogP contribution in [-0.4, -0.2) is 46.6 Å². The average molecular weight is 344 g/mol. The number of carboxylic acid groups (broad SMARTS) is 1. The zero-order valence-electron chi connectivity index (χ0n) is 10.7. The molecule has 0 bridgehead atoms. The lowest BCUT2D eigenvalue weighted by atomic mass is 9.93. The van der Waals surface area contributed by atoms with Crippen LogP contribution >= 0.6 is 15.9 Å². The fourth-order valence-corrected chi connectivity index (χ4v) is 2.20. The van der Waals surface area contributed by atoms with Crippen molar-refractivity contribution >= 4 is 34.2 Å². The van der Waals surface area contributed by atoms with Crippen LogP contribution in [0.4, 0.5) is 0 Å². The number of nitrogens with one attached hydrogen (secondary N) is 2. The van der Waals surface area contributed by atoms with Gasteiger partial charge in [-0.2, -0.15) is 0 Å². The Bertz CT molecular complexity index is 557. The maximum Gasteiger partial charge on any atom is 0.354 e. The van der Waals surface area contributed by atoms with Gasteiger partial charge in [0.05, 0.1) is 11.9 Å². The lowest BCUT2D eigenvalue weighted by molar-refractivity contribution is -0.139. The maximum absolute atomic E-state index is 11.8. The average Bonchev–Trinajstić information content (AvgIpc) is 2.83. The van der Waals surface area contributed by atoms with Crippen LogP contribution in [0.5, 0.6) is 0 Å². The molecule has 1 aliphatic heterocycles. The predicted octanol–water partition coefficient (Wildman–Crippen LogP) is 1.17. The summed E-state index contributed by atoms with van der Waals surface area (Å²) in [5, 5.41) is 11.9. The first-order chi connectivity index (χ1) is 9.39. The smallest absolute Gasteiger partial charge is 0.354 e. The van der Waals surface area contributed by atoms with Crippen LogP contribution in [-0.2, 0) is 9.53 Å². The number of halogens is 1. The summed E-state index contributed by atoms with van der Waals surface area (Å²) in [5.74, 6) is -1.48. The van der Waals surface area contributed by atoms with Crippen LogP contribution < -0.4 is 5.32 Å². The van der Waals surface area contributed by atoms with E-state index in [-0.39, 0.29) is 13.0 Å². The fourth-order valence-electron chi connectivity index (χ4n) is 1.86. The summed E-state index contributed by atoms with van der Waals surface area (Å²) in [6.07, 6.45) is 3.23. The monoisotopic (exact) mass is 343 g/mol. The van der Waals surface area contributed by atoms with E-state index in [1.165, 1.54) is 6.34 Å². The molecule has 108 valence electrons. The zero-order chi connectivity index (χ0) is 14.8. The van der Waals surface area contributed by atoms with Gasteiger partial charge >= 0.3 is 11.9 Å². The number of hydrogen-bond acceptors (Lipinski definition) is 5. The molecule has 0 saturated heterocycles. The minimum atomic E-state index is -0.992. The number of carboxylic acids is 1. The highest BCUT2D eigenvalue weighted by Crippen LogP contribution is 2.19. The van der Waals surface area contributed by atoms with Gasteiger partial charge in [-0.25, -0.2) is 9.59 Å². The molecule has 1 aliphatic rings. The first kappa shape index (κ1) is 14.6. The third-order valence-corrected chi connectivity index (χ3v) is 3.44. The Kier molecular flexibility index (Phi) is 4.12. The summed E-state index contributed by atoms with van der Waals surface area (Å²) in [6, 6.07) is 0.792. The normalized spacial score (nSPS) is 25.0. The van der Waals surface area contributed by atoms with Crippen molar-refractivity contribution < 1.29 is 19.4 Å². The van der Waals surface area contributed by atoms with Gasteiger partial charge in [0.15, 0.2) is 6.04 Å². The molecule has 1 aromatic heterocycles. The number of carbonyl (C=O) groups is 2. The molecule has 3 N–H and O–H groups in total. The molecule has 0 aromatic carbocycles. The van der Waals surface area contributed by atoms with Gasteiger partial charge in [0.2, 0.25) is 0 Å². The Morgan fingerprint density at radius 3 is 3.00 bits per heavy atom. The van der Waals surface area contributed by atoms with E-state index in [2.05, 4.69) is 31.2 Å². The van der Waals surface area contributed by atoms with Crippen molar-refractivity contribution in [2.75, 3.05) is 6.61 Å². The van der Waals surface area contributed by atoms with Gasteiger partial charge in [0.25, 0.3) is 0 Å². The SMILES string of the molecule is C[C@@]1(COC(=O)c2cc(Br)c[nH]2)C[C@H](C(=O)O)N=CN1. The molecule has 2 atom stereocenters. The van der Waals surface area contributed by atoms with E-state index in [0.717, 1.165) is 4.47 Å². The number of aromatic nitrogens is 1. The summed E-state index contributed by atoms with van der Waals surface area (Å²) in [4.78, 5) is 29.3. The summed E-state index contributed by atoms with van der Waals surface area (Å²) in [5.41, 5.74) is -0.315. The van der Waals surface area contributed by atoms with Crippen molar-refractivity contribution in [1.29, 1.82) is 0 Å². The molecule has 1 aromatic rings. The standard InChI is InChI=1S/C12H14BrN3O4/c1-12(3-9(10(17)18)15-6-16-12)5-20-11(19)8-2-7(13)4-14-8/h2,4,6,9,14H,3,5H2,1H3,(H,15,16)(H,17,18)/t9-,12+/m1/s1. The molecule has 0 unspecified atom stereocenters. The first-order valence-electron chi connectivity index (χ1n) is 5.93. The van der Waals surface area contributed by atoms with E-state index in [4.69, 9.17) is 9.84 Å². The van der Waals surface area contributed by atoms with Crippen LogP contribution in [0.1, 0.15) is 23.8 Å². The van der Waals surface area contributed by atoms with Crippen LogP contribution in [0.25, 0.3) is 0 Å². The molecule has 0 amide bonds. The molecule has 0 saturated carbocycles. The summed E-state index contributed by atoms with van der Waals surface area (Å²) >= 11 is 3.23. The van der Waals surface area contributed by atoms with Gasteiger partial charge in [-0.05, 0) is 28.9 Å². The summed E-state index contributed by atoms with van der Waals surface area (Å²) < 4.78 is 5.96. The zero-order valence-corrected chi connectivity index (χ0v) is 12.3. The van der Waals surface area contributed by atoms with Crippen molar-refractivity contribution in [3.8, 4) is 0 Å². The largest absolute Gasteiger partial charge is 0.480 e. The molecule has 0 spiro atoms. The molecular formula is C12H14BrN3O4. The molecule has 0 aliphatic carbocycles. The molecule has 8 heteroatoms. The van der Waals surface area contributed by atoms with Crippen molar-refractivity contribution in [3.05, 3.63) is 22.4 Å². The highest BCUT2D eigenvalue weighted by molar-refractivity contribution is 9.10. The van der Waals surface area contributed by atoms with E-state index in [0.29, 0.717) is 5.69 Å². The lowest BCUT2D eigenvalue weighted by Gasteiger charge is -2.33. The van der Waals surface area contributed by atoms with Crippen molar-refractivity contribution in [2.24, 2.45) is 4.99 Å². The minimum absolute atomic E-state index is 0.0538. The number of carbonyl (C=O) groups excluding carboxylic acids is 1. The van der Waals surface area contributed by atoms with Crippen molar-refractivity contribution in [2.45, 2.75) is 24.9 Å². The third-order valence-electron chi connectivity index (χ3n) is 2.99. The quantitative estimate of drug-likeness (QED) is 0.712. The number of aromatic amines is 1. The molecule has 2 heterocycles. The van der Waals surface area contributed by atoms with E-state index >= 15 is 0 Å². The number of ether oxygens (including phenoxy) is 1. The molecular weight excluding hydrogens is 330 g/mol. The first-order valence-corrected chi connectivity index (χ1v) is 6.72. The maximum atomic E-state index is 11.8. The molecule has 20 heavy (non-hydrogen) atoms. The van der Waals surface area contributed by atoms with Gasteiger partial charge in [-0.15, -0.1) is 0 Å². The summed E-state index contributed by atoms with van der Waals surface area (Å²) in [6.45, 7) is 1.84. The van der Waals surface area contributed by atoms with Gasteiger partial charge in [-0.3, -0.25) is 4.99 Å². The van der Waals surface area contributed by atoms with Gasteiger partial charge in [-0.1, -0.05) is 0 Å². The van der Waals surface area contributed by atoms with Crippen LogP contribution in [0, 0.1) is 0 Å². The van der Waals surface area contributed by atoms with Gasteiger partial charge in [0, 0.05) is 17.1 Å². The number of rotatable bonds is 4. The second-order valence-corrected chi connectivity index (χ2v) is 5.76. The number of hydrogen-bond donors (Lipinski definition) is 3. The molecule has 0 radical (unpaired) electrons. The van der Waals surface area contributed by atoms with Gasteiger partial charge < -0.3 is 20.1 Å². The number of aliphatic carboxylic acids is 1. The van der Waals surface area contributed by atoms with Crippen LogP contribution in [0.2, 0.25) is 0 Å². The number of aliphatic imine (C=N–C) groups is 1.